The highest BCUT2D eigenvalue weighted by atomic mass is 35.5. The van der Waals surface area contributed by atoms with Crippen molar-refractivity contribution in [3.63, 3.8) is 0 Å². The number of fused-ring (bicyclic) bond motifs is 1. The van der Waals surface area contributed by atoms with Crippen molar-refractivity contribution < 1.29 is 4.79 Å². The molecule has 2 aromatic heterocycles. The predicted molar refractivity (Wildman–Crippen MR) is 96.2 cm³/mol. The molecular formula is C17H15ClN4OS. The zero-order valence-corrected chi connectivity index (χ0v) is 14.9. The smallest absolute Gasteiger partial charge is 0.297 e. The fraction of sp³-hybridized carbons (Fsp3) is 0.235. The molecule has 0 spiro atoms. The van der Waals surface area contributed by atoms with Crippen LogP contribution in [0.4, 0.5) is 0 Å². The lowest BCUT2D eigenvalue weighted by Gasteiger charge is -2.01. The SMILES string of the molecule is C#CCn1c(=NC(=O)c2cc(C)nn2CC)sc2cc(Cl)ccc21. The summed E-state index contributed by atoms with van der Waals surface area (Å²) < 4.78 is 4.43. The van der Waals surface area contributed by atoms with Crippen molar-refractivity contribution in [3.8, 4) is 12.3 Å². The van der Waals surface area contributed by atoms with Gasteiger partial charge in [-0.25, -0.2) is 0 Å². The maximum absolute atomic E-state index is 12.6. The van der Waals surface area contributed by atoms with E-state index in [1.165, 1.54) is 11.3 Å². The van der Waals surface area contributed by atoms with Crippen LogP contribution in [-0.2, 0) is 13.1 Å². The molecule has 0 bridgehead atoms. The number of amides is 1. The van der Waals surface area contributed by atoms with E-state index in [-0.39, 0.29) is 5.91 Å². The summed E-state index contributed by atoms with van der Waals surface area (Å²) in [4.78, 5) is 17.4. The van der Waals surface area contributed by atoms with Crippen molar-refractivity contribution in [2.24, 2.45) is 4.99 Å². The van der Waals surface area contributed by atoms with Crippen LogP contribution >= 0.6 is 22.9 Å². The van der Waals surface area contributed by atoms with Crippen LogP contribution in [0.3, 0.4) is 0 Å². The number of carbonyl (C=O) groups is 1. The number of hydrogen-bond acceptors (Lipinski definition) is 3. The molecule has 122 valence electrons. The molecule has 1 amide bonds. The second-order valence-corrected chi connectivity index (χ2v) is 6.64. The van der Waals surface area contributed by atoms with Crippen molar-refractivity contribution >= 4 is 39.1 Å². The number of halogens is 1. The average Bonchev–Trinajstić information content (AvgIpc) is 3.08. The fourth-order valence-electron chi connectivity index (χ4n) is 2.48. The predicted octanol–water partition coefficient (Wildman–Crippen LogP) is 3.26. The molecule has 0 aliphatic rings. The number of hydrogen-bond donors (Lipinski definition) is 0. The summed E-state index contributed by atoms with van der Waals surface area (Å²) in [6.45, 7) is 4.72. The van der Waals surface area contributed by atoms with E-state index in [1.807, 2.05) is 30.5 Å². The average molecular weight is 359 g/mol. The third-order valence-corrected chi connectivity index (χ3v) is 4.79. The Labute approximate surface area is 148 Å². The minimum Gasteiger partial charge on any atom is -0.305 e. The second kappa shape index (κ2) is 6.63. The van der Waals surface area contributed by atoms with Gasteiger partial charge in [-0.2, -0.15) is 10.1 Å². The molecule has 5 nitrogen and oxygen atoms in total. The third-order valence-electron chi connectivity index (χ3n) is 3.51. The molecule has 0 unspecified atom stereocenters. The summed E-state index contributed by atoms with van der Waals surface area (Å²) in [6, 6.07) is 7.27. The van der Waals surface area contributed by atoms with Crippen LogP contribution in [0.25, 0.3) is 10.2 Å². The first kappa shape index (κ1) is 16.5. The first-order chi connectivity index (χ1) is 11.5. The lowest BCUT2D eigenvalue weighted by atomic mass is 10.3. The number of carbonyl (C=O) groups excluding carboxylic acids is 1. The van der Waals surface area contributed by atoms with Gasteiger partial charge in [0, 0.05) is 11.6 Å². The Hall–Kier alpha value is -2.36. The van der Waals surface area contributed by atoms with E-state index in [0.29, 0.717) is 28.6 Å². The van der Waals surface area contributed by atoms with Gasteiger partial charge in [0.15, 0.2) is 4.80 Å². The lowest BCUT2D eigenvalue weighted by Crippen LogP contribution is -2.18. The highest BCUT2D eigenvalue weighted by molar-refractivity contribution is 7.16. The second-order valence-electron chi connectivity index (χ2n) is 5.19. The largest absolute Gasteiger partial charge is 0.305 e. The number of terminal acetylenes is 1. The van der Waals surface area contributed by atoms with Crippen LogP contribution in [-0.4, -0.2) is 20.3 Å². The molecule has 1 aromatic carbocycles. The lowest BCUT2D eigenvalue weighted by molar-refractivity contribution is 0.0987. The van der Waals surface area contributed by atoms with Crippen molar-refractivity contribution in [1.29, 1.82) is 0 Å². The zero-order valence-electron chi connectivity index (χ0n) is 13.3. The first-order valence-electron chi connectivity index (χ1n) is 7.39. The summed E-state index contributed by atoms with van der Waals surface area (Å²) in [5, 5.41) is 4.92. The molecule has 0 saturated carbocycles. The number of nitrogens with zero attached hydrogens (tertiary/aromatic N) is 4. The van der Waals surface area contributed by atoms with Gasteiger partial charge in [0.2, 0.25) is 0 Å². The van der Waals surface area contributed by atoms with Gasteiger partial charge in [0.1, 0.15) is 5.69 Å². The Morgan fingerprint density at radius 2 is 2.25 bits per heavy atom. The Kier molecular flexibility index (Phi) is 4.56. The van der Waals surface area contributed by atoms with Gasteiger partial charge in [0.05, 0.1) is 22.5 Å². The fourth-order valence-corrected chi connectivity index (χ4v) is 3.78. The Bertz CT molecular complexity index is 1040. The van der Waals surface area contributed by atoms with Gasteiger partial charge >= 0.3 is 0 Å². The number of aromatic nitrogens is 3. The molecule has 2 heterocycles. The molecule has 0 aliphatic carbocycles. The number of benzene rings is 1. The molecule has 0 N–H and O–H groups in total. The molecule has 0 atom stereocenters. The molecule has 3 aromatic rings. The highest BCUT2D eigenvalue weighted by Crippen LogP contribution is 2.22. The van der Waals surface area contributed by atoms with E-state index in [0.717, 1.165) is 15.9 Å². The minimum absolute atomic E-state index is 0.333. The summed E-state index contributed by atoms with van der Waals surface area (Å²) in [5.41, 5.74) is 2.17. The van der Waals surface area contributed by atoms with Crippen LogP contribution in [0.5, 0.6) is 0 Å². The van der Waals surface area contributed by atoms with E-state index >= 15 is 0 Å². The van der Waals surface area contributed by atoms with Gasteiger partial charge in [-0.05, 0) is 38.1 Å². The Morgan fingerprint density at radius 3 is 2.96 bits per heavy atom. The Morgan fingerprint density at radius 1 is 1.46 bits per heavy atom. The van der Waals surface area contributed by atoms with Crippen molar-refractivity contribution in [2.45, 2.75) is 26.9 Å². The van der Waals surface area contributed by atoms with Gasteiger partial charge in [-0.1, -0.05) is 28.9 Å². The zero-order chi connectivity index (χ0) is 17.3. The summed E-state index contributed by atoms with van der Waals surface area (Å²) in [5.74, 6) is 2.27. The van der Waals surface area contributed by atoms with Gasteiger partial charge in [-0.3, -0.25) is 9.48 Å². The maximum atomic E-state index is 12.6. The van der Waals surface area contributed by atoms with Crippen LogP contribution in [0.2, 0.25) is 5.02 Å². The summed E-state index contributed by atoms with van der Waals surface area (Å²) in [6.07, 6.45) is 5.47. The topological polar surface area (TPSA) is 52.2 Å². The molecule has 0 aliphatic heterocycles. The third kappa shape index (κ3) is 3.01. The van der Waals surface area contributed by atoms with Crippen LogP contribution in [0, 0.1) is 19.3 Å². The van der Waals surface area contributed by atoms with Crippen LogP contribution < -0.4 is 4.80 Å². The van der Waals surface area contributed by atoms with Crippen molar-refractivity contribution in [1.82, 2.24) is 14.3 Å². The molecule has 0 saturated heterocycles. The molecule has 0 radical (unpaired) electrons. The van der Waals surface area contributed by atoms with Gasteiger partial charge in [-0.15, -0.1) is 6.42 Å². The quantitative estimate of drug-likeness (QED) is 0.675. The normalized spacial score (nSPS) is 11.8. The number of aryl methyl sites for hydroxylation is 2. The van der Waals surface area contributed by atoms with E-state index < -0.39 is 0 Å². The molecule has 24 heavy (non-hydrogen) atoms. The van der Waals surface area contributed by atoms with E-state index in [2.05, 4.69) is 16.0 Å². The molecule has 3 rings (SSSR count). The van der Waals surface area contributed by atoms with Crippen LogP contribution in [0.1, 0.15) is 23.1 Å². The monoisotopic (exact) mass is 358 g/mol. The highest BCUT2D eigenvalue weighted by Gasteiger charge is 2.14. The van der Waals surface area contributed by atoms with E-state index in [4.69, 9.17) is 18.0 Å². The van der Waals surface area contributed by atoms with Gasteiger partial charge in [0.25, 0.3) is 5.91 Å². The van der Waals surface area contributed by atoms with Crippen molar-refractivity contribution in [2.75, 3.05) is 0 Å². The maximum Gasteiger partial charge on any atom is 0.297 e. The summed E-state index contributed by atoms with van der Waals surface area (Å²) in [7, 11) is 0. The first-order valence-corrected chi connectivity index (χ1v) is 8.58. The van der Waals surface area contributed by atoms with Gasteiger partial charge < -0.3 is 4.57 Å². The van der Waals surface area contributed by atoms with Crippen LogP contribution in [0.15, 0.2) is 29.3 Å². The molecule has 7 heteroatoms. The van der Waals surface area contributed by atoms with E-state index in [1.54, 1.807) is 16.8 Å². The minimum atomic E-state index is -0.333. The van der Waals surface area contributed by atoms with E-state index in [9.17, 15) is 4.79 Å². The Balaban J connectivity index is 2.17. The number of rotatable bonds is 3. The molecule has 0 fully saturated rings. The summed E-state index contributed by atoms with van der Waals surface area (Å²) >= 11 is 7.44. The molecular weight excluding hydrogens is 344 g/mol. The number of thiazole rings is 1. The standard InChI is InChI=1S/C17H15ClN4OS/c1-4-8-21-13-7-6-12(18)10-15(13)24-17(21)19-16(23)14-9-11(3)20-22(14)5-2/h1,6-7,9-10H,5,8H2,2-3H3. The van der Waals surface area contributed by atoms with Crippen molar-refractivity contribution in [3.05, 3.63) is 45.5 Å².